The molecule has 0 aliphatic rings. The normalized spacial score (nSPS) is 11.2. The number of ether oxygens (including phenoxy) is 1. The first-order valence-corrected chi connectivity index (χ1v) is 13.3. The highest BCUT2D eigenvalue weighted by atomic mass is 32.1. The lowest BCUT2D eigenvalue weighted by Gasteiger charge is -2.10. The fraction of sp³-hybridized carbons (Fsp3) is 0.259. The summed E-state index contributed by atoms with van der Waals surface area (Å²) in [5.74, 6) is -1.96. The average molecular weight is 589 g/mol. The van der Waals surface area contributed by atoms with Gasteiger partial charge >= 0.3 is 6.36 Å². The van der Waals surface area contributed by atoms with Gasteiger partial charge in [-0.15, -0.1) is 23.4 Å². The van der Waals surface area contributed by atoms with Gasteiger partial charge in [0.15, 0.2) is 0 Å². The maximum Gasteiger partial charge on any atom is 0.573 e. The van der Waals surface area contributed by atoms with Gasteiger partial charge in [0.1, 0.15) is 16.6 Å². The Bertz CT molecular complexity index is 1480. The van der Waals surface area contributed by atoms with Gasteiger partial charge in [0.25, 0.3) is 0 Å². The number of alkyl halides is 3. The van der Waals surface area contributed by atoms with Crippen LogP contribution in [0.2, 0.25) is 0 Å². The number of anilines is 2. The summed E-state index contributed by atoms with van der Waals surface area (Å²) in [5.41, 5.74) is 1.45. The molecule has 0 atom stereocenters. The number of unbranched alkanes of at least 4 members (excludes halogenated alkanes) is 1. The minimum absolute atomic E-state index is 0.00842. The first kappa shape index (κ1) is 29.5. The molecule has 14 heteroatoms. The predicted molar refractivity (Wildman–Crippen MR) is 143 cm³/mol. The number of aryl methyl sites for hydroxylation is 2. The summed E-state index contributed by atoms with van der Waals surface area (Å²) in [6.45, 7) is 0. The molecule has 41 heavy (non-hydrogen) atoms. The molecule has 0 bridgehead atoms. The van der Waals surface area contributed by atoms with Crippen LogP contribution in [0.25, 0.3) is 0 Å². The molecule has 3 aromatic heterocycles. The Labute approximate surface area is 236 Å². The van der Waals surface area contributed by atoms with Gasteiger partial charge in [0.05, 0.1) is 12.8 Å². The SMILES string of the molecule is O=C(Cc1cccc(OC(F)(F)F)c1)Nc1ccc(CCCCc2nnc(NC(=O)Cc3cccnc3)s2)c(F)n1. The van der Waals surface area contributed by atoms with Crippen molar-refractivity contribution in [3.05, 3.63) is 88.6 Å². The van der Waals surface area contributed by atoms with Crippen molar-refractivity contribution in [2.75, 3.05) is 10.6 Å². The minimum atomic E-state index is -4.84. The third-order valence-corrected chi connectivity index (χ3v) is 6.48. The molecule has 0 spiro atoms. The molecule has 3 heterocycles. The molecule has 0 radical (unpaired) electrons. The highest BCUT2D eigenvalue weighted by Gasteiger charge is 2.31. The summed E-state index contributed by atoms with van der Waals surface area (Å²) in [4.78, 5) is 32.2. The predicted octanol–water partition coefficient (Wildman–Crippen LogP) is 5.29. The monoisotopic (exact) mass is 588 g/mol. The Hall–Kier alpha value is -4.46. The Morgan fingerprint density at radius 2 is 1.66 bits per heavy atom. The molecule has 0 saturated heterocycles. The third-order valence-electron chi connectivity index (χ3n) is 5.58. The van der Waals surface area contributed by atoms with Crippen molar-refractivity contribution < 1.29 is 31.9 Å². The molecular formula is C27H24F4N6O3S. The molecule has 0 aliphatic heterocycles. The molecular weight excluding hydrogens is 564 g/mol. The largest absolute Gasteiger partial charge is 0.573 e. The van der Waals surface area contributed by atoms with Gasteiger partial charge in [-0.3, -0.25) is 14.6 Å². The first-order valence-electron chi connectivity index (χ1n) is 12.4. The van der Waals surface area contributed by atoms with Crippen molar-refractivity contribution in [3.8, 4) is 5.75 Å². The van der Waals surface area contributed by atoms with Gasteiger partial charge in [0.2, 0.25) is 22.9 Å². The third kappa shape index (κ3) is 9.90. The van der Waals surface area contributed by atoms with Gasteiger partial charge in [0, 0.05) is 24.4 Å². The zero-order valence-corrected chi connectivity index (χ0v) is 22.3. The van der Waals surface area contributed by atoms with Gasteiger partial charge in [-0.2, -0.15) is 4.39 Å². The molecule has 4 rings (SSSR count). The summed E-state index contributed by atoms with van der Waals surface area (Å²) in [6, 6.07) is 11.6. The number of hydrogen-bond acceptors (Lipinski definition) is 8. The number of halogens is 4. The van der Waals surface area contributed by atoms with E-state index < -0.39 is 24.0 Å². The summed E-state index contributed by atoms with van der Waals surface area (Å²) in [7, 11) is 0. The van der Waals surface area contributed by atoms with Crippen LogP contribution in [0.5, 0.6) is 5.75 Å². The first-order chi connectivity index (χ1) is 19.6. The summed E-state index contributed by atoms with van der Waals surface area (Å²) < 4.78 is 55.6. The second kappa shape index (κ2) is 13.7. The molecule has 0 unspecified atom stereocenters. The highest BCUT2D eigenvalue weighted by Crippen LogP contribution is 2.24. The Morgan fingerprint density at radius 1 is 0.902 bits per heavy atom. The number of carbonyl (C=O) groups is 2. The molecule has 0 saturated carbocycles. The number of hydrogen-bond donors (Lipinski definition) is 2. The van der Waals surface area contributed by atoms with Crippen molar-refractivity contribution >= 4 is 34.1 Å². The Kier molecular flexibility index (Phi) is 9.90. The van der Waals surface area contributed by atoms with Crippen molar-refractivity contribution in [2.24, 2.45) is 0 Å². The van der Waals surface area contributed by atoms with Crippen LogP contribution in [0, 0.1) is 5.95 Å². The zero-order chi connectivity index (χ0) is 29.2. The van der Waals surface area contributed by atoms with E-state index in [1.54, 1.807) is 18.5 Å². The van der Waals surface area contributed by atoms with E-state index in [-0.39, 0.29) is 30.1 Å². The number of rotatable bonds is 12. The van der Waals surface area contributed by atoms with Crippen LogP contribution in [0.4, 0.5) is 28.5 Å². The Morgan fingerprint density at radius 3 is 2.41 bits per heavy atom. The second-order valence-electron chi connectivity index (χ2n) is 8.86. The molecule has 0 aliphatic carbocycles. The number of amides is 2. The lowest BCUT2D eigenvalue weighted by molar-refractivity contribution is -0.274. The Balaban J connectivity index is 1.19. The topological polar surface area (TPSA) is 119 Å². The van der Waals surface area contributed by atoms with E-state index in [1.165, 1.54) is 35.6 Å². The maximum absolute atomic E-state index is 14.5. The molecule has 2 N–H and O–H groups in total. The van der Waals surface area contributed by atoms with Crippen LogP contribution in [0.1, 0.15) is 34.5 Å². The molecule has 9 nitrogen and oxygen atoms in total. The summed E-state index contributed by atoms with van der Waals surface area (Å²) in [5, 5.41) is 14.4. The van der Waals surface area contributed by atoms with E-state index in [0.29, 0.717) is 36.4 Å². The van der Waals surface area contributed by atoms with Gasteiger partial charge in [-0.25, -0.2) is 4.98 Å². The molecule has 214 valence electrons. The van der Waals surface area contributed by atoms with Crippen molar-refractivity contribution in [1.82, 2.24) is 20.2 Å². The number of nitrogens with one attached hydrogen (secondary N) is 2. The molecule has 4 aromatic rings. The van der Waals surface area contributed by atoms with Crippen LogP contribution in [0.15, 0.2) is 60.9 Å². The molecule has 2 amide bonds. The van der Waals surface area contributed by atoms with E-state index in [4.69, 9.17) is 0 Å². The van der Waals surface area contributed by atoms with Gasteiger partial charge in [-0.05, 0) is 54.7 Å². The van der Waals surface area contributed by atoms with E-state index in [9.17, 15) is 27.2 Å². The van der Waals surface area contributed by atoms with Gasteiger partial charge < -0.3 is 15.4 Å². The van der Waals surface area contributed by atoms with Crippen LogP contribution in [0.3, 0.4) is 0 Å². The smallest absolute Gasteiger partial charge is 0.406 e. The quantitative estimate of drug-likeness (QED) is 0.131. The number of pyridine rings is 2. The number of aromatic nitrogens is 4. The zero-order valence-electron chi connectivity index (χ0n) is 21.4. The average Bonchev–Trinajstić information content (AvgIpc) is 3.34. The minimum Gasteiger partial charge on any atom is -0.406 e. The van der Waals surface area contributed by atoms with E-state index in [0.717, 1.165) is 22.7 Å². The fourth-order valence-corrected chi connectivity index (χ4v) is 4.59. The van der Waals surface area contributed by atoms with E-state index in [1.807, 2.05) is 6.07 Å². The van der Waals surface area contributed by atoms with Gasteiger partial charge in [-0.1, -0.05) is 35.6 Å². The summed E-state index contributed by atoms with van der Waals surface area (Å²) in [6.07, 6.45) is 0.704. The number of carbonyl (C=O) groups excluding carboxylic acids is 2. The lowest BCUT2D eigenvalue weighted by Crippen LogP contribution is -2.18. The molecule has 0 fully saturated rings. The standard InChI is InChI=1S/C27H24F4N6O3S/c28-25-19(7-1-2-9-24-36-37-26(41-24)35-23(39)15-18-6-4-12-32-16-18)10-11-21(34-25)33-22(38)14-17-5-3-8-20(13-17)40-27(29,30)31/h3-6,8,10-13,16H,1-2,7,9,14-15H2,(H,33,34,38)(H,35,37,39). The highest BCUT2D eigenvalue weighted by molar-refractivity contribution is 7.15. The van der Waals surface area contributed by atoms with Crippen molar-refractivity contribution in [1.29, 1.82) is 0 Å². The van der Waals surface area contributed by atoms with Crippen LogP contribution in [-0.2, 0) is 35.3 Å². The van der Waals surface area contributed by atoms with E-state index in [2.05, 4.69) is 35.5 Å². The maximum atomic E-state index is 14.5. The van der Waals surface area contributed by atoms with Crippen molar-refractivity contribution in [3.63, 3.8) is 0 Å². The van der Waals surface area contributed by atoms with Crippen LogP contribution >= 0.6 is 11.3 Å². The van der Waals surface area contributed by atoms with Crippen molar-refractivity contribution in [2.45, 2.75) is 44.9 Å². The van der Waals surface area contributed by atoms with E-state index >= 15 is 0 Å². The molecule has 1 aromatic carbocycles. The lowest BCUT2D eigenvalue weighted by atomic mass is 10.1. The van der Waals surface area contributed by atoms with Crippen LogP contribution in [-0.4, -0.2) is 38.3 Å². The summed E-state index contributed by atoms with van der Waals surface area (Å²) >= 11 is 1.28. The van der Waals surface area contributed by atoms with Crippen LogP contribution < -0.4 is 15.4 Å². The second-order valence-corrected chi connectivity index (χ2v) is 9.92. The number of nitrogens with zero attached hydrogens (tertiary/aromatic N) is 4. The fourth-order valence-electron chi connectivity index (χ4n) is 3.79. The number of benzene rings is 1.